The van der Waals surface area contributed by atoms with Gasteiger partial charge in [0.15, 0.2) is 0 Å². The fraction of sp³-hybridized carbons (Fsp3) is 0.538. The number of halogens is 1. The van der Waals surface area contributed by atoms with Crippen LogP contribution in [0, 0.1) is 0 Å². The Morgan fingerprint density at radius 1 is 1.47 bits per heavy atom. The summed E-state index contributed by atoms with van der Waals surface area (Å²) in [6.45, 7) is 3.72. The molecule has 2 heterocycles. The van der Waals surface area contributed by atoms with E-state index in [1.54, 1.807) is 0 Å². The van der Waals surface area contributed by atoms with Gasteiger partial charge >= 0.3 is 0 Å². The number of hydrogen-bond acceptors (Lipinski definition) is 3. The molecule has 3 rings (SSSR count). The van der Waals surface area contributed by atoms with Crippen LogP contribution in [0.25, 0.3) is 0 Å². The quantitative estimate of drug-likeness (QED) is 0.873. The second-order valence-electron chi connectivity index (χ2n) is 4.94. The maximum absolute atomic E-state index is 6.14. The van der Waals surface area contributed by atoms with Crippen molar-refractivity contribution in [2.75, 3.05) is 19.7 Å². The van der Waals surface area contributed by atoms with Crippen molar-refractivity contribution in [3.05, 3.63) is 28.3 Å². The van der Waals surface area contributed by atoms with Crippen molar-refractivity contribution in [2.24, 2.45) is 5.73 Å². The van der Waals surface area contributed by atoms with Gasteiger partial charge < -0.3 is 10.5 Å². The van der Waals surface area contributed by atoms with E-state index in [-0.39, 0.29) is 0 Å². The molecule has 0 spiro atoms. The van der Waals surface area contributed by atoms with Crippen molar-refractivity contribution in [2.45, 2.75) is 25.4 Å². The van der Waals surface area contributed by atoms with E-state index in [9.17, 15) is 0 Å². The van der Waals surface area contributed by atoms with Crippen molar-refractivity contribution >= 4 is 11.6 Å². The van der Waals surface area contributed by atoms with Crippen LogP contribution in [0.5, 0.6) is 5.75 Å². The number of fused-ring (bicyclic) bond motifs is 1. The van der Waals surface area contributed by atoms with Crippen molar-refractivity contribution in [1.82, 2.24) is 4.90 Å². The number of likely N-dealkylation sites (tertiary alicyclic amines) is 1. The number of benzene rings is 1. The molecule has 1 aromatic carbocycles. The molecule has 0 aromatic heterocycles. The lowest BCUT2D eigenvalue weighted by Gasteiger charge is -2.17. The third-order valence-electron chi connectivity index (χ3n) is 3.53. The van der Waals surface area contributed by atoms with Gasteiger partial charge in [0, 0.05) is 42.7 Å². The molecule has 2 aliphatic rings. The van der Waals surface area contributed by atoms with Crippen LogP contribution in [0.15, 0.2) is 12.1 Å². The van der Waals surface area contributed by atoms with Gasteiger partial charge in [-0.1, -0.05) is 11.6 Å². The van der Waals surface area contributed by atoms with Gasteiger partial charge in [0.05, 0.1) is 6.61 Å². The highest BCUT2D eigenvalue weighted by Gasteiger charge is 2.23. The molecule has 0 aliphatic carbocycles. The zero-order valence-electron chi connectivity index (χ0n) is 9.79. The molecular formula is C13H17ClN2O. The summed E-state index contributed by atoms with van der Waals surface area (Å²) in [4.78, 5) is 2.37. The molecule has 0 radical (unpaired) electrons. The first-order valence-electron chi connectivity index (χ1n) is 6.14. The van der Waals surface area contributed by atoms with Crippen LogP contribution in [0.3, 0.4) is 0 Å². The fourth-order valence-corrected chi connectivity index (χ4v) is 2.97. The van der Waals surface area contributed by atoms with E-state index >= 15 is 0 Å². The predicted octanol–water partition coefficient (Wildman–Crippen LogP) is 1.81. The highest BCUT2D eigenvalue weighted by atomic mass is 35.5. The summed E-state index contributed by atoms with van der Waals surface area (Å²) in [7, 11) is 0. The molecule has 1 aromatic rings. The summed E-state index contributed by atoms with van der Waals surface area (Å²) in [5, 5.41) is 0.813. The normalized spacial score (nSPS) is 23.8. The van der Waals surface area contributed by atoms with Crippen LogP contribution in [0.1, 0.15) is 17.5 Å². The first kappa shape index (κ1) is 11.3. The van der Waals surface area contributed by atoms with Crippen LogP contribution in [0.2, 0.25) is 5.02 Å². The third kappa shape index (κ3) is 2.28. The second kappa shape index (κ2) is 4.48. The average molecular weight is 253 g/mol. The van der Waals surface area contributed by atoms with Gasteiger partial charge in [0.2, 0.25) is 0 Å². The minimum absolute atomic E-state index is 0.322. The topological polar surface area (TPSA) is 38.5 Å². The molecule has 2 N–H and O–H groups in total. The number of rotatable bonds is 2. The van der Waals surface area contributed by atoms with Crippen LogP contribution in [-0.4, -0.2) is 30.6 Å². The van der Waals surface area contributed by atoms with Gasteiger partial charge in [-0.25, -0.2) is 0 Å². The fourth-order valence-electron chi connectivity index (χ4n) is 2.71. The summed E-state index contributed by atoms with van der Waals surface area (Å²) in [5.74, 6) is 1.05. The second-order valence-corrected chi connectivity index (χ2v) is 5.37. The average Bonchev–Trinajstić information content (AvgIpc) is 2.87. The molecule has 0 saturated carbocycles. The van der Waals surface area contributed by atoms with Gasteiger partial charge in [0.25, 0.3) is 0 Å². The third-order valence-corrected chi connectivity index (χ3v) is 3.75. The monoisotopic (exact) mass is 252 g/mol. The lowest BCUT2D eigenvalue weighted by Crippen LogP contribution is -2.26. The molecule has 2 aliphatic heterocycles. The van der Waals surface area contributed by atoms with E-state index < -0.39 is 0 Å². The van der Waals surface area contributed by atoms with Crippen molar-refractivity contribution < 1.29 is 4.74 Å². The summed E-state index contributed by atoms with van der Waals surface area (Å²) < 4.78 is 5.71. The standard InChI is InChI=1S/C13H17ClN2O/c14-11-5-9-2-4-17-13(9)10(6-11)7-16-3-1-12(15)8-16/h5-6,12H,1-4,7-8,15H2. The van der Waals surface area contributed by atoms with Crippen molar-refractivity contribution in [3.63, 3.8) is 0 Å². The molecule has 1 atom stereocenters. The molecule has 1 fully saturated rings. The molecule has 3 nitrogen and oxygen atoms in total. The molecule has 0 bridgehead atoms. The smallest absolute Gasteiger partial charge is 0.127 e. The Bertz CT molecular complexity index is 436. The van der Waals surface area contributed by atoms with Gasteiger partial charge in [-0.05, 0) is 24.1 Å². The SMILES string of the molecule is NC1CCN(Cc2cc(Cl)cc3c2OCC3)C1. The highest BCUT2D eigenvalue weighted by molar-refractivity contribution is 6.30. The van der Waals surface area contributed by atoms with Crippen LogP contribution >= 0.6 is 11.6 Å². The van der Waals surface area contributed by atoms with E-state index in [1.807, 2.05) is 12.1 Å². The van der Waals surface area contributed by atoms with Crippen molar-refractivity contribution in [3.8, 4) is 5.75 Å². The molecular weight excluding hydrogens is 236 g/mol. The Labute approximate surface area is 106 Å². The first-order chi connectivity index (χ1) is 8.22. The van der Waals surface area contributed by atoms with E-state index in [2.05, 4.69) is 4.90 Å². The molecule has 92 valence electrons. The minimum Gasteiger partial charge on any atom is -0.493 e. The summed E-state index contributed by atoms with van der Waals surface area (Å²) in [6, 6.07) is 4.36. The Balaban J connectivity index is 1.83. The van der Waals surface area contributed by atoms with E-state index in [1.165, 1.54) is 11.1 Å². The highest BCUT2D eigenvalue weighted by Crippen LogP contribution is 2.33. The van der Waals surface area contributed by atoms with Crippen LogP contribution < -0.4 is 10.5 Å². The number of nitrogens with two attached hydrogens (primary N) is 1. The lowest BCUT2D eigenvalue weighted by atomic mass is 10.1. The Kier molecular flexibility index (Phi) is 2.99. The molecule has 1 saturated heterocycles. The van der Waals surface area contributed by atoms with Gasteiger partial charge in [-0.3, -0.25) is 4.90 Å². The zero-order chi connectivity index (χ0) is 11.8. The van der Waals surface area contributed by atoms with E-state index in [0.717, 1.165) is 49.9 Å². The summed E-state index contributed by atoms with van der Waals surface area (Å²) in [5.41, 5.74) is 8.38. The maximum Gasteiger partial charge on any atom is 0.127 e. The number of hydrogen-bond donors (Lipinski definition) is 1. The first-order valence-corrected chi connectivity index (χ1v) is 6.52. The lowest BCUT2D eigenvalue weighted by molar-refractivity contribution is 0.310. The number of ether oxygens (including phenoxy) is 1. The van der Waals surface area contributed by atoms with Crippen LogP contribution in [-0.2, 0) is 13.0 Å². The maximum atomic E-state index is 6.14. The molecule has 17 heavy (non-hydrogen) atoms. The summed E-state index contributed by atoms with van der Waals surface area (Å²) >= 11 is 6.14. The molecule has 1 unspecified atom stereocenters. The molecule has 4 heteroatoms. The molecule has 0 amide bonds. The Morgan fingerprint density at radius 3 is 3.12 bits per heavy atom. The van der Waals surface area contributed by atoms with E-state index in [4.69, 9.17) is 22.1 Å². The van der Waals surface area contributed by atoms with Gasteiger partial charge in [0.1, 0.15) is 5.75 Å². The minimum atomic E-state index is 0.322. The van der Waals surface area contributed by atoms with Gasteiger partial charge in [-0.2, -0.15) is 0 Å². The van der Waals surface area contributed by atoms with Crippen molar-refractivity contribution in [1.29, 1.82) is 0 Å². The predicted molar refractivity (Wildman–Crippen MR) is 68.5 cm³/mol. The Morgan fingerprint density at radius 2 is 2.35 bits per heavy atom. The zero-order valence-corrected chi connectivity index (χ0v) is 10.5. The van der Waals surface area contributed by atoms with Gasteiger partial charge in [-0.15, -0.1) is 0 Å². The Hall–Kier alpha value is -0.770. The van der Waals surface area contributed by atoms with Crippen LogP contribution in [0.4, 0.5) is 0 Å². The summed E-state index contributed by atoms with van der Waals surface area (Å²) in [6.07, 6.45) is 2.06. The largest absolute Gasteiger partial charge is 0.493 e. The van der Waals surface area contributed by atoms with E-state index in [0.29, 0.717) is 6.04 Å². The number of nitrogens with zero attached hydrogens (tertiary/aromatic N) is 1.